The van der Waals surface area contributed by atoms with Gasteiger partial charge >= 0.3 is 0 Å². The van der Waals surface area contributed by atoms with E-state index in [1.165, 1.54) is 0 Å². The molecule has 0 aromatic rings. The highest BCUT2D eigenvalue weighted by molar-refractivity contribution is 7.87. The monoisotopic (exact) mass is 289 g/mol. The number of likely N-dealkylation sites (tertiary alicyclic amines) is 1. The molecule has 1 aliphatic heterocycles. The number of carbonyl (C=O) groups is 1. The van der Waals surface area contributed by atoms with Crippen LogP contribution in [0.5, 0.6) is 0 Å². The van der Waals surface area contributed by atoms with Gasteiger partial charge in [0.05, 0.1) is 0 Å². The van der Waals surface area contributed by atoms with Gasteiger partial charge in [0.2, 0.25) is 5.91 Å². The average molecular weight is 289 g/mol. The highest BCUT2D eigenvalue weighted by atomic mass is 32.2. The minimum absolute atomic E-state index is 0.142. The Labute approximate surface area is 114 Å². The maximum atomic E-state index is 12.3. The third kappa shape index (κ3) is 3.90. The number of amides is 1. The summed E-state index contributed by atoms with van der Waals surface area (Å²) in [6.07, 6.45) is 2.82. The van der Waals surface area contributed by atoms with Gasteiger partial charge in [0.1, 0.15) is 0 Å². The molecule has 2 rings (SSSR count). The number of carbonyl (C=O) groups excluding carboxylic acids is 1. The van der Waals surface area contributed by atoms with Crippen LogP contribution in [-0.4, -0.2) is 38.9 Å². The lowest BCUT2D eigenvalue weighted by atomic mass is 9.97. The second-order valence-corrected chi connectivity index (χ2v) is 7.81. The molecule has 6 nitrogen and oxygen atoms in total. The minimum atomic E-state index is -3.64. The summed E-state index contributed by atoms with van der Waals surface area (Å²) in [6.45, 7) is 5.96. The van der Waals surface area contributed by atoms with Crippen LogP contribution in [0.4, 0.5) is 0 Å². The molecule has 1 aliphatic carbocycles. The van der Waals surface area contributed by atoms with Crippen LogP contribution in [0.25, 0.3) is 0 Å². The summed E-state index contributed by atoms with van der Waals surface area (Å²) in [5.74, 6) is 0.542. The SMILES string of the molecule is CC1(C)CC1C(=O)N1CCCC(CNS(N)(=O)=O)C1. The van der Waals surface area contributed by atoms with Crippen LogP contribution in [0, 0.1) is 17.3 Å². The summed E-state index contributed by atoms with van der Waals surface area (Å²) in [4.78, 5) is 14.2. The number of nitrogens with one attached hydrogen (secondary N) is 1. The summed E-state index contributed by atoms with van der Waals surface area (Å²) < 4.78 is 24.1. The first-order valence-corrected chi connectivity index (χ1v) is 8.30. The van der Waals surface area contributed by atoms with E-state index >= 15 is 0 Å². The maximum absolute atomic E-state index is 12.3. The number of nitrogens with zero attached hydrogens (tertiary/aromatic N) is 1. The molecule has 1 amide bonds. The molecule has 19 heavy (non-hydrogen) atoms. The van der Waals surface area contributed by atoms with E-state index in [-0.39, 0.29) is 23.2 Å². The van der Waals surface area contributed by atoms with Crippen molar-refractivity contribution < 1.29 is 13.2 Å². The summed E-state index contributed by atoms with van der Waals surface area (Å²) in [5.41, 5.74) is 0.142. The molecule has 0 bridgehead atoms. The first kappa shape index (κ1) is 14.7. The molecule has 7 heteroatoms. The molecule has 2 unspecified atom stereocenters. The third-order valence-electron chi connectivity index (χ3n) is 4.22. The van der Waals surface area contributed by atoms with E-state index in [0.717, 1.165) is 25.8 Å². The first-order chi connectivity index (χ1) is 8.69. The lowest BCUT2D eigenvalue weighted by Crippen LogP contribution is -2.45. The Morgan fingerprint density at radius 1 is 1.47 bits per heavy atom. The van der Waals surface area contributed by atoms with Crippen LogP contribution in [0.2, 0.25) is 0 Å². The lowest BCUT2D eigenvalue weighted by molar-refractivity contribution is -0.135. The summed E-state index contributed by atoms with van der Waals surface area (Å²) in [5, 5.41) is 4.92. The predicted molar refractivity (Wildman–Crippen MR) is 72.3 cm³/mol. The normalized spacial score (nSPS) is 30.2. The van der Waals surface area contributed by atoms with Gasteiger partial charge in [0, 0.05) is 25.6 Å². The van der Waals surface area contributed by atoms with Gasteiger partial charge in [-0.1, -0.05) is 13.8 Å². The zero-order valence-electron chi connectivity index (χ0n) is 11.6. The summed E-state index contributed by atoms with van der Waals surface area (Å²) >= 11 is 0. The van der Waals surface area contributed by atoms with Gasteiger partial charge in [0.25, 0.3) is 10.2 Å². The van der Waals surface area contributed by atoms with Crippen molar-refractivity contribution >= 4 is 16.1 Å². The van der Waals surface area contributed by atoms with Gasteiger partial charge in [-0.25, -0.2) is 9.86 Å². The van der Waals surface area contributed by atoms with Crippen LogP contribution in [-0.2, 0) is 15.0 Å². The maximum Gasteiger partial charge on any atom is 0.274 e. The highest BCUT2D eigenvalue weighted by Crippen LogP contribution is 2.52. The fourth-order valence-electron chi connectivity index (χ4n) is 2.77. The smallest absolute Gasteiger partial charge is 0.274 e. The van der Waals surface area contributed by atoms with Crippen molar-refractivity contribution in [2.45, 2.75) is 33.1 Å². The van der Waals surface area contributed by atoms with Gasteiger partial charge in [-0.05, 0) is 30.6 Å². The van der Waals surface area contributed by atoms with Gasteiger partial charge in [-0.3, -0.25) is 4.79 Å². The minimum Gasteiger partial charge on any atom is -0.342 e. The zero-order chi connectivity index (χ0) is 14.3. The van der Waals surface area contributed by atoms with E-state index in [4.69, 9.17) is 5.14 Å². The molecule has 3 N–H and O–H groups in total. The molecule has 1 saturated heterocycles. The van der Waals surface area contributed by atoms with Crippen LogP contribution in [0.1, 0.15) is 33.1 Å². The number of rotatable bonds is 4. The molecular formula is C12H23N3O3S. The Balaban J connectivity index is 1.85. The molecule has 1 heterocycles. The van der Waals surface area contributed by atoms with E-state index in [0.29, 0.717) is 13.1 Å². The number of nitrogens with two attached hydrogens (primary N) is 1. The van der Waals surface area contributed by atoms with E-state index < -0.39 is 10.2 Å². The molecule has 2 aliphatic rings. The second-order valence-electron chi connectivity index (χ2n) is 6.43. The van der Waals surface area contributed by atoms with Crippen LogP contribution in [0.3, 0.4) is 0 Å². The molecule has 0 spiro atoms. The number of piperidine rings is 1. The van der Waals surface area contributed by atoms with Crippen LogP contribution in [0.15, 0.2) is 0 Å². The summed E-state index contributed by atoms with van der Waals surface area (Å²) in [7, 11) is -3.64. The summed E-state index contributed by atoms with van der Waals surface area (Å²) in [6, 6.07) is 0. The lowest BCUT2D eigenvalue weighted by Gasteiger charge is -2.33. The quantitative estimate of drug-likeness (QED) is 0.766. The van der Waals surface area contributed by atoms with Gasteiger partial charge in [-0.15, -0.1) is 0 Å². The Kier molecular flexibility index (Phi) is 3.90. The Bertz CT molecular complexity index is 461. The second kappa shape index (κ2) is 5.03. The van der Waals surface area contributed by atoms with E-state index in [9.17, 15) is 13.2 Å². The number of hydrogen-bond acceptors (Lipinski definition) is 3. The van der Waals surface area contributed by atoms with Gasteiger partial charge in [0.15, 0.2) is 0 Å². The largest absolute Gasteiger partial charge is 0.342 e. The van der Waals surface area contributed by atoms with Crippen molar-refractivity contribution in [3.05, 3.63) is 0 Å². The van der Waals surface area contributed by atoms with Crippen LogP contribution < -0.4 is 9.86 Å². The Morgan fingerprint density at radius 3 is 2.63 bits per heavy atom. The molecular weight excluding hydrogens is 266 g/mol. The van der Waals surface area contributed by atoms with Crippen molar-refractivity contribution in [1.29, 1.82) is 0 Å². The molecule has 0 aromatic heterocycles. The fourth-order valence-corrected chi connectivity index (χ4v) is 3.24. The first-order valence-electron chi connectivity index (χ1n) is 6.75. The van der Waals surface area contributed by atoms with Crippen molar-refractivity contribution in [2.24, 2.45) is 22.4 Å². The van der Waals surface area contributed by atoms with Crippen molar-refractivity contribution in [2.75, 3.05) is 19.6 Å². The van der Waals surface area contributed by atoms with Crippen molar-refractivity contribution in [3.8, 4) is 0 Å². The standard InChI is InChI=1S/C12H23N3O3S/c1-12(2)6-10(12)11(16)15-5-3-4-9(8-15)7-14-19(13,17)18/h9-10,14H,3-8H2,1-2H3,(H2,13,17,18). The van der Waals surface area contributed by atoms with E-state index in [2.05, 4.69) is 18.6 Å². The molecule has 1 saturated carbocycles. The number of hydrogen-bond donors (Lipinski definition) is 2. The van der Waals surface area contributed by atoms with Crippen molar-refractivity contribution in [1.82, 2.24) is 9.62 Å². The fraction of sp³-hybridized carbons (Fsp3) is 0.917. The van der Waals surface area contributed by atoms with Gasteiger partial charge < -0.3 is 4.90 Å². The van der Waals surface area contributed by atoms with E-state index in [1.807, 2.05) is 4.90 Å². The van der Waals surface area contributed by atoms with Crippen molar-refractivity contribution in [3.63, 3.8) is 0 Å². The van der Waals surface area contributed by atoms with E-state index in [1.54, 1.807) is 0 Å². The molecule has 0 aromatic carbocycles. The Hall–Kier alpha value is -0.660. The average Bonchev–Trinajstić information content (AvgIpc) is 2.94. The van der Waals surface area contributed by atoms with Gasteiger partial charge in [-0.2, -0.15) is 8.42 Å². The third-order valence-corrected chi connectivity index (χ3v) is 4.78. The molecule has 110 valence electrons. The highest BCUT2D eigenvalue weighted by Gasteiger charge is 2.52. The Morgan fingerprint density at radius 2 is 2.11 bits per heavy atom. The van der Waals surface area contributed by atoms with Crippen LogP contribution >= 0.6 is 0 Å². The zero-order valence-corrected chi connectivity index (χ0v) is 12.4. The molecule has 2 fully saturated rings. The molecule has 0 radical (unpaired) electrons. The predicted octanol–water partition coefficient (Wildman–Crippen LogP) is 0.0642. The molecule has 2 atom stereocenters. The topological polar surface area (TPSA) is 92.5 Å².